The minimum atomic E-state index is 0.161. The highest BCUT2D eigenvalue weighted by atomic mass is 79.9. The van der Waals surface area contributed by atoms with Gasteiger partial charge >= 0.3 is 0 Å². The number of fused-ring (bicyclic) bond motifs is 1. The highest BCUT2D eigenvalue weighted by Gasteiger charge is 2.16. The van der Waals surface area contributed by atoms with Crippen LogP contribution in [0.3, 0.4) is 0 Å². The van der Waals surface area contributed by atoms with Crippen molar-refractivity contribution < 1.29 is 9.84 Å². The van der Waals surface area contributed by atoms with Crippen molar-refractivity contribution in [2.24, 2.45) is 0 Å². The van der Waals surface area contributed by atoms with Crippen LogP contribution in [0.2, 0.25) is 0 Å². The second kappa shape index (κ2) is 5.69. The number of aromatic hydroxyl groups is 1. The van der Waals surface area contributed by atoms with E-state index in [1.54, 1.807) is 13.3 Å². The number of benzene rings is 1. The van der Waals surface area contributed by atoms with Crippen molar-refractivity contribution in [1.82, 2.24) is 9.55 Å². The molecule has 0 saturated heterocycles. The quantitative estimate of drug-likeness (QED) is 0.697. The van der Waals surface area contributed by atoms with E-state index in [4.69, 9.17) is 4.74 Å². The van der Waals surface area contributed by atoms with E-state index in [9.17, 15) is 5.11 Å². The number of nitrogens with zero attached hydrogens (tertiary/aromatic N) is 2. The Morgan fingerprint density at radius 1 is 1.19 bits per heavy atom. The van der Waals surface area contributed by atoms with Gasteiger partial charge in [0.1, 0.15) is 16.1 Å². The number of methoxy groups -OCH3 is 1. The highest BCUT2D eigenvalue weighted by Crippen LogP contribution is 2.39. The molecule has 3 aromatic rings. The van der Waals surface area contributed by atoms with Crippen LogP contribution in [-0.4, -0.2) is 21.8 Å². The number of rotatable bonds is 3. The summed E-state index contributed by atoms with van der Waals surface area (Å²) >= 11 is 7.08. The molecule has 1 N–H and O–H groups in total. The van der Waals surface area contributed by atoms with E-state index in [2.05, 4.69) is 36.8 Å². The lowest BCUT2D eigenvalue weighted by Crippen LogP contribution is -2.00. The van der Waals surface area contributed by atoms with Gasteiger partial charge in [-0.1, -0.05) is 12.1 Å². The molecule has 0 saturated carbocycles. The van der Waals surface area contributed by atoms with E-state index < -0.39 is 0 Å². The lowest BCUT2D eigenvalue weighted by Gasteiger charge is -2.08. The molecule has 1 aromatic carbocycles. The molecular formula is C15H12Br2N2O2. The summed E-state index contributed by atoms with van der Waals surface area (Å²) in [7, 11) is 1.65. The summed E-state index contributed by atoms with van der Waals surface area (Å²) in [6.45, 7) is 0.664. The fraction of sp³-hybridized carbons (Fsp3) is 0.133. The zero-order valence-electron chi connectivity index (χ0n) is 11.2. The van der Waals surface area contributed by atoms with E-state index >= 15 is 0 Å². The van der Waals surface area contributed by atoms with E-state index in [1.165, 1.54) is 6.20 Å². The van der Waals surface area contributed by atoms with Gasteiger partial charge in [0.15, 0.2) is 0 Å². The van der Waals surface area contributed by atoms with Crippen molar-refractivity contribution in [2.75, 3.05) is 7.11 Å². The maximum Gasteiger partial charge on any atom is 0.144 e. The molecule has 4 nitrogen and oxygen atoms in total. The van der Waals surface area contributed by atoms with Gasteiger partial charge in [-0.15, -0.1) is 0 Å². The summed E-state index contributed by atoms with van der Waals surface area (Å²) < 4.78 is 8.91. The third kappa shape index (κ3) is 2.53. The Balaban J connectivity index is 2.08. The van der Waals surface area contributed by atoms with Gasteiger partial charge in [0.2, 0.25) is 0 Å². The predicted molar refractivity (Wildman–Crippen MR) is 88.9 cm³/mol. The Kier molecular flexibility index (Phi) is 3.91. The van der Waals surface area contributed by atoms with Crippen LogP contribution >= 0.6 is 31.9 Å². The minimum Gasteiger partial charge on any atom is -0.506 e. The van der Waals surface area contributed by atoms with Gasteiger partial charge in [0, 0.05) is 6.54 Å². The van der Waals surface area contributed by atoms with E-state index in [0.717, 1.165) is 31.3 Å². The first-order valence-electron chi connectivity index (χ1n) is 6.25. The molecular weight excluding hydrogens is 400 g/mol. The molecule has 0 spiro atoms. The van der Waals surface area contributed by atoms with Crippen LogP contribution in [0.5, 0.6) is 11.5 Å². The third-order valence-corrected chi connectivity index (χ3v) is 5.46. The van der Waals surface area contributed by atoms with E-state index in [0.29, 0.717) is 6.54 Å². The fourth-order valence-corrected chi connectivity index (χ4v) is 3.40. The normalized spacial score (nSPS) is 11.0. The molecule has 21 heavy (non-hydrogen) atoms. The Labute approximate surface area is 138 Å². The van der Waals surface area contributed by atoms with Gasteiger partial charge < -0.3 is 14.4 Å². The monoisotopic (exact) mass is 410 g/mol. The van der Waals surface area contributed by atoms with Gasteiger partial charge in [-0.3, -0.25) is 4.98 Å². The predicted octanol–water partition coefficient (Wildman–Crippen LogP) is 4.32. The Hall–Kier alpha value is -1.53. The lowest BCUT2D eigenvalue weighted by molar-refractivity contribution is 0.414. The summed E-state index contributed by atoms with van der Waals surface area (Å²) in [5.74, 6) is 0.990. The molecule has 0 fully saturated rings. The van der Waals surface area contributed by atoms with Crippen LogP contribution in [0.25, 0.3) is 10.9 Å². The molecule has 2 heterocycles. The summed E-state index contributed by atoms with van der Waals surface area (Å²) in [6, 6.07) is 7.89. The number of ether oxygens (including phenoxy) is 1. The van der Waals surface area contributed by atoms with Crippen molar-refractivity contribution in [1.29, 1.82) is 0 Å². The maximum absolute atomic E-state index is 9.98. The molecule has 0 atom stereocenters. The van der Waals surface area contributed by atoms with Crippen LogP contribution in [0.1, 0.15) is 5.56 Å². The van der Waals surface area contributed by atoms with Crippen LogP contribution in [-0.2, 0) is 6.54 Å². The number of hydrogen-bond acceptors (Lipinski definition) is 3. The molecule has 6 heteroatoms. The number of aromatic nitrogens is 2. The highest BCUT2D eigenvalue weighted by molar-refractivity contribution is 9.13. The summed E-state index contributed by atoms with van der Waals surface area (Å²) in [6.07, 6.45) is 3.19. The van der Waals surface area contributed by atoms with Crippen molar-refractivity contribution in [2.45, 2.75) is 6.54 Å². The third-order valence-electron chi connectivity index (χ3n) is 3.33. The van der Waals surface area contributed by atoms with E-state index in [1.807, 2.05) is 28.8 Å². The molecule has 2 aromatic heterocycles. The molecule has 0 bridgehead atoms. The van der Waals surface area contributed by atoms with Crippen LogP contribution in [0.4, 0.5) is 0 Å². The summed E-state index contributed by atoms with van der Waals surface area (Å²) in [5.41, 5.74) is 1.99. The van der Waals surface area contributed by atoms with Crippen molar-refractivity contribution in [3.63, 3.8) is 0 Å². The van der Waals surface area contributed by atoms with Crippen LogP contribution < -0.4 is 4.74 Å². The molecule has 0 radical (unpaired) electrons. The summed E-state index contributed by atoms with van der Waals surface area (Å²) in [5, 5.41) is 10.7. The van der Waals surface area contributed by atoms with Crippen LogP contribution in [0, 0.1) is 0 Å². The SMILES string of the molecule is COc1ccc(Cn2c(Br)c(Br)c3c(O)cncc32)cc1. The molecule has 0 aliphatic rings. The first-order chi connectivity index (χ1) is 10.1. The van der Waals surface area contributed by atoms with Gasteiger partial charge in [-0.2, -0.15) is 0 Å². The topological polar surface area (TPSA) is 47.3 Å². The average molecular weight is 412 g/mol. The first-order valence-corrected chi connectivity index (χ1v) is 7.83. The maximum atomic E-state index is 9.98. The fourth-order valence-electron chi connectivity index (χ4n) is 2.26. The number of halogens is 2. The molecule has 0 aliphatic heterocycles. The minimum absolute atomic E-state index is 0.161. The second-order valence-electron chi connectivity index (χ2n) is 4.59. The Morgan fingerprint density at radius 3 is 2.57 bits per heavy atom. The zero-order valence-corrected chi connectivity index (χ0v) is 14.3. The van der Waals surface area contributed by atoms with E-state index in [-0.39, 0.29) is 5.75 Å². The number of pyridine rings is 1. The molecule has 108 valence electrons. The van der Waals surface area contributed by atoms with Gasteiger partial charge in [0.25, 0.3) is 0 Å². The number of hydrogen-bond donors (Lipinski definition) is 1. The van der Waals surface area contributed by atoms with Crippen molar-refractivity contribution >= 4 is 42.8 Å². The molecule has 0 unspecified atom stereocenters. The lowest BCUT2D eigenvalue weighted by atomic mass is 10.2. The molecule has 3 rings (SSSR count). The first kappa shape index (κ1) is 14.4. The standard InChI is InChI=1S/C15H12Br2N2O2/c1-21-10-4-2-9(3-5-10)8-19-11-6-18-7-12(20)13(11)14(16)15(19)17/h2-7,20H,8H2,1H3. The summed E-state index contributed by atoms with van der Waals surface area (Å²) in [4.78, 5) is 4.06. The zero-order chi connectivity index (χ0) is 15.0. The van der Waals surface area contributed by atoms with Gasteiger partial charge in [-0.05, 0) is 49.6 Å². The second-order valence-corrected chi connectivity index (χ2v) is 6.14. The molecule has 0 aliphatic carbocycles. The largest absolute Gasteiger partial charge is 0.506 e. The Bertz CT molecular complexity index is 798. The van der Waals surface area contributed by atoms with Crippen LogP contribution in [0.15, 0.2) is 45.7 Å². The van der Waals surface area contributed by atoms with Gasteiger partial charge in [-0.25, -0.2) is 0 Å². The smallest absolute Gasteiger partial charge is 0.144 e. The van der Waals surface area contributed by atoms with Crippen molar-refractivity contribution in [3.05, 3.63) is 51.3 Å². The van der Waals surface area contributed by atoms with Gasteiger partial charge in [0.05, 0.1) is 34.9 Å². The van der Waals surface area contributed by atoms with Crippen molar-refractivity contribution in [3.8, 4) is 11.5 Å². The molecule has 0 amide bonds. The average Bonchev–Trinajstić information content (AvgIpc) is 2.74. The Morgan fingerprint density at radius 2 is 1.90 bits per heavy atom.